The van der Waals surface area contributed by atoms with Crippen LogP contribution in [-0.2, 0) is 6.54 Å². The number of nitriles is 1. The third-order valence-corrected chi connectivity index (χ3v) is 4.41. The molecule has 130 valence electrons. The number of pyridine rings is 1. The number of aromatic nitrogens is 1. The van der Waals surface area contributed by atoms with Crippen molar-refractivity contribution < 1.29 is 14.2 Å². The predicted octanol–water partition coefficient (Wildman–Crippen LogP) is 3.48. The van der Waals surface area contributed by atoms with Crippen LogP contribution in [0, 0.1) is 11.3 Å². The number of benzene rings is 2. The van der Waals surface area contributed by atoms with Crippen LogP contribution < -0.4 is 19.1 Å². The average Bonchev–Trinajstić information content (AvgIpc) is 3.14. The molecular weight excluding hydrogens is 330 g/mol. The van der Waals surface area contributed by atoms with Gasteiger partial charge in [0, 0.05) is 25.2 Å². The minimum Gasteiger partial charge on any atom is -0.494 e. The Bertz CT molecular complexity index is 1030. The minimum absolute atomic E-state index is 0.252. The summed E-state index contributed by atoms with van der Waals surface area (Å²) in [5.41, 5.74) is 3.15. The molecule has 0 saturated heterocycles. The standard InChI is InChI=1S/C20H17N3O3/c1-23(11-13-6-7-16-18(8-13)26-12-25-16)20-14(9-21)10-22-19-15(20)4-3-5-17(19)24-2/h3-8,10H,11-12H2,1-2H3. The van der Waals surface area contributed by atoms with E-state index >= 15 is 0 Å². The molecule has 0 unspecified atom stereocenters. The molecule has 4 rings (SSSR count). The molecule has 2 aromatic carbocycles. The molecule has 1 aliphatic heterocycles. The van der Waals surface area contributed by atoms with Gasteiger partial charge in [-0.3, -0.25) is 4.98 Å². The molecule has 0 N–H and O–H groups in total. The van der Waals surface area contributed by atoms with E-state index in [1.807, 2.05) is 48.3 Å². The zero-order chi connectivity index (χ0) is 18.1. The Hall–Kier alpha value is -3.46. The van der Waals surface area contributed by atoms with Crippen LogP contribution in [-0.4, -0.2) is 25.9 Å². The van der Waals surface area contributed by atoms with Crippen molar-refractivity contribution in [3.8, 4) is 23.3 Å². The molecule has 0 amide bonds. The van der Waals surface area contributed by atoms with E-state index in [0.717, 1.165) is 33.7 Å². The molecular formula is C20H17N3O3. The summed E-state index contributed by atoms with van der Waals surface area (Å²) in [4.78, 5) is 6.45. The summed E-state index contributed by atoms with van der Waals surface area (Å²) in [5.74, 6) is 2.19. The Balaban J connectivity index is 1.76. The van der Waals surface area contributed by atoms with Crippen LogP contribution in [0.5, 0.6) is 17.2 Å². The summed E-state index contributed by atoms with van der Waals surface area (Å²) in [6.07, 6.45) is 1.59. The molecule has 0 fully saturated rings. The normalized spacial score (nSPS) is 12.0. The maximum Gasteiger partial charge on any atom is 0.231 e. The van der Waals surface area contributed by atoms with E-state index in [0.29, 0.717) is 17.9 Å². The van der Waals surface area contributed by atoms with Crippen molar-refractivity contribution in [3.63, 3.8) is 0 Å². The fourth-order valence-corrected chi connectivity index (χ4v) is 3.23. The molecule has 6 heteroatoms. The van der Waals surface area contributed by atoms with Gasteiger partial charge in [0.05, 0.1) is 18.4 Å². The first-order valence-corrected chi connectivity index (χ1v) is 8.16. The fourth-order valence-electron chi connectivity index (χ4n) is 3.23. The van der Waals surface area contributed by atoms with Crippen LogP contribution in [0.25, 0.3) is 10.9 Å². The Morgan fingerprint density at radius 2 is 2.08 bits per heavy atom. The van der Waals surface area contributed by atoms with Crippen LogP contribution >= 0.6 is 0 Å². The fraction of sp³-hybridized carbons (Fsp3) is 0.200. The van der Waals surface area contributed by atoms with Gasteiger partial charge in [0.15, 0.2) is 11.5 Å². The second-order valence-corrected chi connectivity index (χ2v) is 6.03. The number of nitrogens with zero attached hydrogens (tertiary/aromatic N) is 3. The van der Waals surface area contributed by atoms with Crippen molar-refractivity contribution in [2.24, 2.45) is 0 Å². The first kappa shape index (κ1) is 16.0. The maximum absolute atomic E-state index is 9.56. The zero-order valence-corrected chi connectivity index (χ0v) is 14.5. The van der Waals surface area contributed by atoms with E-state index in [1.165, 1.54) is 0 Å². The molecule has 0 radical (unpaired) electrons. The molecule has 3 aromatic rings. The van der Waals surface area contributed by atoms with Gasteiger partial charge in [-0.1, -0.05) is 18.2 Å². The van der Waals surface area contributed by atoms with Gasteiger partial charge >= 0.3 is 0 Å². The number of fused-ring (bicyclic) bond motifs is 2. The molecule has 1 aliphatic rings. The SMILES string of the molecule is COc1cccc2c(N(C)Cc3ccc4c(c3)OCO4)c(C#N)cnc12. The van der Waals surface area contributed by atoms with Crippen molar-refractivity contribution in [3.05, 3.63) is 53.7 Å². The molecule has 0 saturated carbocycles. The van der Waals surface area contributed by atoms with Gasteiger partial charge in [0.25, 0.3) is 0 Å². The summed E-state index contributed by atoms with van der Waals surface area (Å²) < 4.78 is 16.2. The molecule has 0 bridgehead atoms. The van der Waals surface area contributed by atoms with Gasteiger partial charge in [0.1, 0.15) is 17.3 Å². The zero-order valence-electron chi connectivity index (χ0n) is 14.5. The minimum atomic E-state index is 0.252. The van der Waals surface area contributed by atoms with E-state index in [4.69, 9.17) is 14.2 Å². The quantitative estimate of drug-likeness (QED) is 0.720. The van der Waals surface area contributed by atoms with E-state index in [1.54, 1.807) is 13.3 Å². The Kier molecular flexibility index (Phi) is 3.98. The number of para-hydroxylation sites is 1. The first-order chi connectivity index (χ1) is 12.7. The number of methoxy groups -OCH3 is 1. The molecule has 2 heterocycles. The van der Waals surface area contributed by atoms with Crippen LogP contribution in [0.1, 0.15) is 11.1 Å². The average molecular weight is 347 g/mol. The lowest BCUT2D eigenvalue weighted by Gasteiger charge is -2.23. The number of rotatable bonds is 4. The van der Waals surface area contributed by atoms with Crippen LogP contribution in [0.4, 0.5) is 5.69 Å². The smallest absolute Gasteiger partial charge is 0.231 e. The number of ether oxygens (including phenoxy) is 3. The number of hydrogen-bond acceptors (Lipinski definition) is 6. The van der Waals surface area contributed by atoms with E-state index in [-0.39, 0.29) is 6.79 Å². The monoisotopic (exact) mass is 347 g/mol. The Morgan fingerprint density at radius 1 is 1.23 bits per heavy atom. The summed E-state index contributed by atoms with van der Waals surface area (Å²) in [6, 6.07) is 13.8. The molecule has 26 heavy (non-hydrogen) atoms. The predicted molar refractivity (Wildman–Crippen MR) is 97.7 cm³/mol. The van der Waals surface area contributed by atoms with Gasteiger partial charge < -0.3 is 19.1 Å². The summed E-state index contributed by atoms with van der Waals surface area (Å²) >= 11 is 0. The summed E-state index contributed by atoms with van der Waals surface area (Å²) in [6.45, 7) is 0.865. The summed E-state index contributed by atoms with van der Waals surface area (Å²) in [5, 5.41) is 10.4. The lowest BCUT2D eigenvalue weighted by Crippen LogP contribution is -2.18. The summed E-state index contributed by atoms with van der Waals surface area (Å²) in [7, 11) is 3.57. The molecule has 6 nitrogen and oxygen atoms in total. The lowest BCUT2D eigenvalue weighted by atomic mass is 10.1. The second-order valence-electron chi connectivity index (χ2n) is 6.03. The number of hydrogen-bond donors (Lipinski definition) is 0. The van der Waals surface area contributed by atoms with Crippen LogP contribution in [0.2, 0.25) is 0 Å². The van der Waals surface area contributed by atoms with Crippen LogP contribution in [0.3, 0.4) is 0 Å². The first-order valence-electron chi connectivity index (χ1n) is 8.16. The highest BCUT2D eigenvalue weighted by molar-refractivity contribution is 5.97. The largest absolute Gasteiger partial charge is 0.494 e. The van der Waals surface area contributed by atoms with Crippen molar-refractivity contribution in [1.29, 1.82) is 5.26 Å². The van der Waals surface area contributed by atoms with Crippen LogP contribution in [0.15, 0.2) is 42.6 Å². The van der Waals surface area contributed by atoms with Gasteiger partial charge in [-0.25, -0.2) is 0 Å². The van der Waals surface area contributed by atoms with Crippen molar-refractivity contribution in [1.82, 2.24) is 4.98 Å². The molecule has 1 aromatic heterocycles. The van der Waals surface area contributed by atoms with Crippen molar-refractivity contribution >= 4 is 16.6 Å². The van der Waals surface area contributed by atoms with Crippen molar-refractivity contribution in [2.45, 2.75) is 6.54 Å². The Morgan fingerprint density at radius 3 is 2.88 bits per heavy atom. The topological polar surface area (TPSA) is 67.6 Å². The third-order valence-electron chi connectivity index (χ3n) is 4.41. The van der Waals surface area contributed by atoms with E-state index < -0.39 is 0 Å². The highest BCUT2D eigenvalue weighted by atomic mass is 16.7. The van der Waals surface area contributed by atoms with Gasteiger partial charge in [0.2, 0.25) is 6.79 Å². The molecule has 0 atom stereocenters. The maximum atomic E-state index is 9.56. The highest BCUT2D eigenvalue weighted by Crippen LogP contribution is 2.36. The van der Waals surface area contributed by atoms with Gasteiger partial charge in [-0.15, -0.1) is 0 Å². The Labute approximate surface area is 151 Å². The van der Waals surface area contributed by atoms with Crippen molar-refractivity contribution in [2.75, 3.05) is 25.9 Å². The number of anilines is 1. The molecule has 0 spiro atoms. The van der Waals surface area contributed by atoms with Gasteiger partial charge in [-0.05, 0) is 23.8 Å². The van der Waals surface area contributed by atoms with Gasteiger partial charge in [-0.2, -0.15) is 5.26 Å². The van der Waals surface area contributed by atoms with E-state index in [9.17, 15) is 5.26 Å². The van der Waals surface area contributed by atoms with E-state index in [2.05, 4.69) is 11.1 Å². The molecule has 0 aliphatic carbocycles. The third kappa shape index (κ3) is 2.64. The highest BCUT2D eigenvalue weighted by Gasteiger charge is 2.18. The second kappa shape index (κ2) is 6.45. The lowest BCUT2D eigenvalue weighted by molar-refractivity contribution is 0.174.